The Morgan fingerprint density at radius 3 is 2.48 bits per heavy atom. The normalized spacial score (nSPS) is 13.3. The standard InChI is InChI=1S/C12H19F3N2O3S/c1-9(2)6-16-7-10-4-5-11(20-10)21(18,19)17(3)8-12(13,14)15/h4-5,9,16H,6-8H2,1-3H3. The second-order valence-electron chi connectivity index (χ2n) is 5.12. The molecule has 0 unspecified atom stereocenters. The van der Waals surface area contributed by atoms with Crippen molar-refractivity contribution in [3.8, 4) is 0 Å². The second-order valence-corrected chi connectivity index (χ2v) is 7.10. The Morgan fingerprint density at radius 2 is 1.95 bits per heavy atom. The maximum absolute atomic E-state index is 12.3. The number of nitrogens with one attached hydrogen (secondary N) is 1. The maximum atomic E-state index is 12.3. The number of hydrogen-bond acceptors (Lipinski definition) is 4. The van der Waals surface area contributed by atoms with E-state index in [1.54, 1.807) is 0 Å². The molecule has 5 nitrogen and oxygen atoms in total. The summed E-state index contributed by atoms with van der Waals surface area (Å²) < 4.78 is 65.9. The number of hydrogen-bond donors (Lipinski definition) is 1. The summed E-state index contributed by atoms with van der Waals surface area (Å²) in [4.78, 5) is 0. The van der Waals surface area contributed by atoms with Gasteiger partial charge in [-0.3, -0.25) is 0 Å². The van der Waals surface area contributed by atoms with Crippen molar-refractivity contribution in [3.05, 3.63) is 17.9 Å². The summed E-state index contributed by atoms with van der Waals surface area (Å²) in [6.45, 7) is 3.50. The Labute approximate surface area is 122 Å². The Hall–Kier alpha value is -1.06. The van der Waals surface area contributed by atoms with E-state index in [0.717, 1.165) is 19.7 Å². The highest BCUT2D eigenvalue weighted by atomic mass is 32.2. The van der Waals surface area contributed by atoms with Gasteiger partial charge in [-0.1, -0.05) is 13.8 Å². The second kappa shape index (κ2) is 6.80. The fraction of sp³-hybridized carbons (Fsp3) is 0.667. The molecule has 0 atom stereocenters. The summed E-state index contributed by atoms with van der Waals surface area (Å²) in [7, 11) is -3.41. The van der Waals surface area contributed by atoms with E-state index >= 15 is 0 Å². The topological polar surface area (TPSA) is 62.6 Å². The van der Waals surface area contributed by atoms with Gasteiger partial charge in [0.05, 0.1) is 6.54 Å². The lowest BCUT2D eigenvalue weighted by Crippen LogP contribution is -2.35. The first-order valence-electron chi connectivity index (χ1n) is 6.35. The fourth-order valence-corrected chi connectivity index (χ4v) is 2.64. The van der Waals surface area contributed by atoms with Gasteiger partial charge in [-0.15, -0.1) is 0 Å². The van der Waals surface area contributed by atoms with E-state index in [9.17, 15) is 21.6 Å². The van der Waals surface area contributed by atoms with Crippen LogP contribution in [0.4, 0.5) is 13.2 Å². The summed E-state index contributed by atoms with van der Waals surface area (Å²) in [5.74, 6) is 0.774. The molecule has 0 fully saturated rings. The van der Waals surface area contributed by atoms with Gasteiger partial charge in [-0.25, -0.2) is 8.42 Å². The van der Waals surface area contributed by atoms with E-state index in [-0.39, 0.29) is 4.31 Å². The van der Waals surface area contributed by atoms with Crippen LogP contribution in [0.1, 0.15) is 19.6 Å². The van der Waals surface area contributed by atoms with Crippen LogP contribution in [0.2, 0.25) is 0 Å². The molecule has 0 spiro atoms. The van der Waals surface area contributed by atoms with Gasteiger partial charge in [0.1, 0.15) is 12.3 Å². The monoisotopic (exact) mass is 328 g/mol. The predicted octanol–water partition coefficient (Wildman–Crippen LogP) is 2.21. The van der Waals surface area contributed by atoms with Gasteiger partial charge >= 0.3 is 6.18 Å². The van der Waals surface area contributed by atoms with E-state index in [1.807, 2.05) is 13.8 Å². The van der Waals surface area contributed by atoms with Crippen LogP contribution >= 0.6 is 0 Å². The summed E-state index contributed by atoms with van der Waals surface area (Å²) in [5.41, 5.74) is 0. The third-order valence-corrected chi connectivity index (χ3v) is 4.23. The molecule has 0 aliphatic heterocycles. The molecule has 0 radical (unpaired) electrons. The van der Waals surface area contributed by atoms with Gasteiger partial charge in [0.15, 0.2) is 0 Å². The average molecular weight is 328 g/mol. The SMILES string of the molecule is CC(C)CNCc1ccc(S(=O)(=O)N(C)CC(F)(F)F)o1. The van der Waals surface area contributed by atoms with Crippen molar-refractivity contribution < 1.29 is 26.0 Å². The highest BCUT2D eigenvalue weighted by Crippen LogP contribution is 2.22. The zero-order valence-corrected chi connectivity index (χ0v) is 12.9. The minimum absolute atomic E-state index is 0.219. The molecule has 0 amide bonds. The first-order valence-corrected chi connectivity index (χ1v) is 7.79. The molecule has 0 saturated heterocycles. The molecule has 1 aromatic rings. The zero-order valence-electron chi connectivity index (χ0n) is 12.1. The van der Waals surface area contributed by atoms with Gasteiger partial charge in [0.25, 0.3) is 10.0 Å². The molecule has 21 heavy (non-hydrogen) atoms. The molecule has 1 rings (SSSR count). The minimum atomic E-state index is -4.60. The van der Waals surface area contributed by atoms with Gasteiger partial charge in [0, 0.05) is 7.05 Å². The van der Waals surface area contributed by atoms with Crippen molar-refractivity contribution in [2.24, 2.45) is 5.92 Å². The van der Waals surface area contributed by atoms with Crippen molar-refractivity contribution in [1.82, 2.24) is 9.62 Å². The van der Waals surface area contributed by atoms with Crippen LogP contribution in [0, 0.1) is 5.92 Å². The quantitative estimate of drug-likeness (QED) is 0.833. The molecule has 1 heterocycles. The van der Waals surface area contributed by atoms with Crippen LogP contribution in [0.5, 0.6) is 0 Å². The number of nitrogens with zero attached hydrogens (tertiary/aromatic N) is 1. The Balaban J connectivity index is 2.74. The molecule has 9 heteroatoms. The lowest BCUT2D eigenvalue weighted by atomic mass is 10.2. The van der Waals surface area contributed by atoms with Crippen LogP contribution in [0.15, 0.2) is 21.6 Å². The number of sulfonamides is 1. The highest BCUT2D eigenvalue weighted by Gasteiger charge is 2.36. The van der Waals surface area contributed by atoms with E-state index in [2.05, 4.69) is 5.32 Å². The molecule has 0 bridgehead atoms. The summed E-state index contributed by atoms with van der Waals surface area (Å²) in [6, 6.07) is 2.59. The number of furan rings is 1. The van der Waals surface area contributed by atoms with Gasteiger partial charge in [-0.2, -0.15) is 17.5 Å². The average Bonchev–Trinajstić information content (AvgIpc) is 2.75. The van der Waals surface area contributed by atoms with Gasteiger partial charge in [-0.05, 0) is 24.6 Å². The van der Waals surface area contributed by atoms with Crippen molar-refractivity contribution in [2.45, 2.75) is 31.7 Å². The largest absolute Gasteiger partial charge is 0.447 e. The first-order chi connectivity index (χ1) is 9.52. The van der Waals surface area contributed by atoms with Crippen molar-refractivity contribution in [3.63, 3.8) is 0 Å². The summed E-state index contributed by atoms with van der Waals surface area (Å²) in [5, 5.41) is 2.56. The molecular weight excluding hydrogens is 309 g/mol. The zero-order chi connectivity index (χ0) is 16.3. The summed E-state index contributed by atoms with van der Waals surface area (Å²) >= 11 is 0. The third-order valence-electron chi connectivity index (χ3n) is 2.56. The van der Waals surface area contributed by atoms with Gasteiger partial charge < -0.3 is 9.73 Å². The molecule has 1 N–H and O–H groups in total. The number of alkyl halides is 3. The molecular formula is C12H19F3N2O3S. The van der Waals surface area contributed by atoms with Crippen LogP contribution in [0.3, 0.4) is 0 Å². The lowest BCUT2D eigenvalue weighted by Gasteiger charge is -2.17. The predicted molar refractivity (Wildman–Crippen MR) is 71.1 cm³/mol. The Morgan fingerprint density at radius 1 is 1.33 bits per heavy atom. The fourth-order valence-electron chi connectivity index (χ4n) is 1.57. The minimum Gasteiger partial charge on any atom is -0.447 e. The van der Waals surface area contributed by atoms with Crippen molar-refractivity contribution in [2.75, 3.05) is 20.1 Å². The number of halogens is 3. The van der Waals surface area contributed by atoms with Crippen LogP contribution in [-0.2, 0) is 16.6 Å². The Bertz CT molecular complexity index is 552. The Kier molecular flexibility index (Phi) is 5.83. The van der Waals surface area contributed by atoms with Crippen LogP contribution in [0.25, 0.3) is 0 Å². The van der Waals surface area contributed by atoms with Crippen LogP contribution < -0.4 is 5.32 Å². The number of rotatable bonds is 7. The van der Waals surface area contributed by atoms with Crippen molar-refractivity contribution in [1.29, 1.82) is 0 Å². The van der Waals surface area contributed by atoms with E-state index < -0.39 is 27.8 Å². The van der Waals surface area contributed by atoms with E-state index in [4.69, 9.17) is 4.42 Å². The molecule has 1 aromatic heterocycles. The van der Waals surface area contributed by atoms with Crippen molar-refractivity contribution >= 4 is 10.0 Å². The summed E-state index contributed by atoms with van der Waals surface area (Å²) in [6.07, 6.45) is -4.60. The first kappa shape index (κ1) is 18.0. The van der Waals surface area contributed by atoms with E-state index in [1.165, 1.54) is 6.07 Å². The van der Waals surface area contributed by atoms with E-state index in [0.29, 0.717) is 18.2 Å². The lowest BCUT2D eigenvalue weighted by molar-refractivity contribution is -0.134. The molecule has 0 aliphatic carbocycles. The molecule has 0 saturated carbocycles. The van der Waals surface area contributed by atoms with Gasteiger partial charge in [0.2, 0.25) is 5.09 Å². The third kappa shape index (κ3) is 5.68. The highest BCUT2D eigenvalue weighted by molar-refractivity contribution is 7.89. The molecule has 0 aromatic carbocycles. The maximum Gasteiger partial charge on any atom is 0.402 e. The molecule has 122 valence electrons. The van der Waals surface area contributed by atoms with Crippen LogP contribution in [-0.4, -0.2) is 39.0 Å². The molecule has 0 aliphatic rings. The smallest absolute Gasteiger partial charge is 0.402 e.